The first kappa shape index (κ1) is 35.7. The molecule has 2 aliphatic carbocycles. The van der Waals surface area contributed by atoms with Gasteiger partial charge in [0.1, 0.15) is 23.8 Å². The quantitative estimate of drug-likeness (QED) is 0.301. The molecule has 10 aliphatic rings. The maximum atomic E-state index is 14.1. The Balaban J connectivity index is 1.05. The van der Waals surface area contributed by atoms with E-state index in [-0.39, 0.29) is 47.6 Å². The smallest absolute Gasteiger partial charge is 0.411 e. The first-order valence-corrected chi connectivity index (χ1v) is 19.6. The van der Waals surface area contributed by atoms with E-state index in [4.69, 9.17) is 43.2 Å². The van der Waals surface area contributed by atoms with Crippen molar-refractivity contribution in [3.05, 3.63) is 29.8 Å². The minimum Gasteiger partial charge on any atom is -0.443 e. The van der Waals surface area contributed by atoms with Crippen LogP contribution >= 0.6 is 0 Å². The van der Waals surface area contributed by atoms with E-state index in [2.05, 4.69) is 33.0 Å². The average molecular weight is 734 g/mol. The molecule has 1 amide bonds. The normalized spacial score (nSPS) is 51.0. The van der Waals surface area contributed by atoms with Crippen LogP contribution in [0.3, 0.4) is 0 Å². The van der Waals surface area contributed by atoms with E-state index in [1.165, 1.54) is 0 Å². The molecule has 0 radical (unpaired) electrons. The summed E-state index contributed by atoms with van der Waals surface area (Å²) < 4.78 is 61.8. The summed E-state index contributed by atoms with van der Waals surface area (Å²) in [5.74, 6) is -2.44. The van der Waals surface area contributed by atoms with Crippen LogP contribution in [0.25, 0.3) is 0 Å². The molecule has 8 aliphatic heterocycles. The van der Waals surface area contributed by atoms with Gasteiger partial charge in [-0.25, -0.2) is 33.1 Å². The number of rotatable bonds is 5. The lowest BCUT2D eigenvalue weighted by Gasteiger charge is -2.62. The fourth-order valence-electron chi connectivity index (χ4n) is 12.0. The van der Waals surface area contributed by atoms with Crippen molar-refractivity contribution in [2.24, 2.45) is 47.3 Å². The summed E-state index contributed by atoms with van der Waals surface area (Å²) in [6.45, 7) is 12.6. The number of benzene rings is 1. The maximum Gasteiger partial charge on any atom is 0.411 e. The number of hydrogen-bond donors (Lipinski definition) is 1. The van der Waals surface area contributed by atoms with Crippen LogP contribution in [0.4, 0.5) is 19.3 Å². The van der Waals surface area contributed by atoms with Crippen molar-refractivity contribution in [2.45, 2.75) is 153 Å². The van der Waals surface area contributed by atoms with Gasteiger partial charge in [0.2, 0.25) is 11.6 Å². The number of hydrogen-bond acceptors (Lipinski definition) is 10. The number of halogens is 2. The summed E-state index contributed by atoms with van der Waals surface area (Å²) >= 11 is 0. The summed E-state index contributed by atoms with van der Waals surface area (Å²) in [5.41, 5.74) is -1.59. The Kier molecular flexibility index (Phi) is 8.60. The summed E-state index contributed by atoms with van der Waals surface area (Å²) in [4.78, 5) is 38.5. The molecule has 11 nitrogen and oxygen atoms in total. The molecule has 0 aromatic heterocycles. The van der Waals surface area contributed by atoms with Gasteiger partial charge in [-0.05, 0) is 100 Å². The summed E-state index contributed by atoms with van der Waals surface area (Å²) in [6.07, 6.45) is 3.19. The second kappa shape index (κ2) is 12.5. The number of nitrogens with one attached hydrogen (secondary N) is 1. The molecule has 2 saturated carbocycles. The van der Waals surface area contributed by atoms with Crippen LogP contribution in [0, 0.1) is 59.0 Å². The van der Waals surface area contributed by atoms with Crippen molar-refractivity contribution >= 4 is 11.8 Å². The van der Waals surface area contributed by atoms with Crippen molar-refractivity contribution in [3.8, 4) is 0 Å². The topological polar surface area (TPSA) is 112 Å². The van der Waals surface area contributed by atoms with E-state index >= 15 is 0 Å². The third-order valence-corrected chi connectivity index (χ3v) is 14.7. The van der Waals surface area contributed by atoms with Crippen LogP contribution in [0.15, 0.2) is 18.2 Å². The molecule has 13 heteroatoms. The maximum absolute atomic E-state index is 14.1. The summed E-state index contributed by atoms with van der Waals surface area (Å²) in [6, 6.07) is 2.85. The molecule has 1 aromatic carbocycles. The minimum absolute atomic E-state index is 0.00782. The molecule has 52 heavy (non-hydrogen) atoms. The first-order chi connectivity index (χ1) is 24.7. The highest BCUT2D eigenvalue weighted by molar-refractivity contribution is 5.84. The molecule has 11 rings (SSSR count). The Hall–Kier alpha value is -1.97. The Labute approximate surface area is 303 Å². The number of ether oxygens (including phenoxy) is 5. The number of carbonyl (C=O) groups is 1. The number of carbonyl (C=O) groups excluding carboxylic acids is 1. The van der Waals surface area contributed by atoms with Crippen molar-refractivity contribution in [3.63, 3.8) is 0 Å². The number of amides is 1. The van der Waals surface area contributed by atoms with Crippen LogP contribution in [-0.4, -0.2) is 59.8 Å². The lowest BCUT2D eigenvalue weighted by Crippen LogP contribution is -2.72. The van der Waals surface area contributed by atoms with Crippen LogP contribution in [-0.2, 0) is 43.2 Å². The fourth-order valence-corrected chi connectivity index (χ4v) is 12.0. The molecule has 1 aromatic rings. The van der Waals surface area contributed by atoms with Crippen molar-refractivity contribution in [2.75, 3.05) is 5.32 Å². The van der Waals surface area contributed by atoms with Crippen molar-refractivity contribution in [1.82, 2.24) is 0 Å². The number of anilines is 1. The Morgan fingerprint density at radius 1 is 0.750 bits per heavy atom. The lowest BCUT2D eigenvalue weighted by atomic mass is 9.56. The highest BCUT2D eigenvalue weighted by Crippen LogP contribution is 2.63. The van der Waals surface area contributed by atoms with Gasteiger partial charge in [-0.3, -0.25) is 5.32 Å². The van der Waals surface area contributed by atoms with Gasteiger partial charge < -0.3 is 23.7 Å². The van der Waals surface area contributed by atoms with Crippen molar-refractivity contribution < 1.29 is 56.8 Å². The van der Waals surface area contributed by atoms with Gasteiger partial charge in [-0.15, -0.1) is 0 Å². The van der Waals surface area contributed by atoms with Gasteiger partial charge in [0.25, 0.3) is 0 Å². The highest BCUT2D eigenvalue weighted by atomic mass is 19.1. The molecular weight excluding hydrogens is 680 g/mol. The van der Waals surface area contributed by atoms with E-state index in [0.29, 0.717) is 24.7 Å². The Morgan fingerprint density at radius 3 is 1.87 bits per heavy atom. The average Bonchev–Trinajstić information content (AvgIpc) is 3.45. The molecule has 288 valence electrons. The SMILES string of the molecule is C[C@H]1[C@@H](C[C@H](OC(=O)Nc2cc(F)cc(F)c2)C2O[C@@H]3O[C@]4(C)CC[C@H]5[C@H](C)CC[C@@H]([C@H]2C)C35OO4)O[C@@H]2O[C@]3(C)CC[C@H]4[C@H](C)CC[C@@H]1C24OO3. The standard InChI is InChI=1S/C39H53F2NO10/c1-19-7-9-28-21(3)30(44-33-38(28)26(19)11-13-36(5,47-33)49-51-38)18-31(45-35(43)42-25-16-23(40)15-24(41)17-25)32-22(4)29-10-8-20(2)27-12-14-37(6)48-34(46-32)39(27,29)52-50-37/h15-17,19-22,26-34H,7-14,18H2,1-6H3,(H,42,43)/t19-,20-,21-,22-,26+,27+,28+,29+,30-,31+,32?,33-,34-,36+,37+,38?,39?/m1/s1. The Morgan fingerprint density at radius 2 is 1.29 bits per heavy atom. The predicted molar refractivity (Wildman–Crippen MR) is 179 cm³/mol. The van der Waals surface area contributed by atoms with E-state index in [1.54, 1.807) is 0 Å². The predicted octanol–water partition coefficient (Wildman–Crippen LogP) is 7.77. The monoisotopic (exact) mass is 733 g/mol. The molecule has 2 spiro atoms. The molecule has 8 heterocycles. The van der Waals surface area contributed by atoms with Gasteiger partial charge in [-0.1, -0.05) is 27.7 Å². The van der Waals surface area contributed by atoms with Gasteiger partial charge in [0.15, 0.2) is 23.8 Å². The minimum atomic E-state index is -0.976. The molecule has 1 N–H and O–H groups in total. The van der Waals surface area contributed by atoms with Crippen LogP contribution in [0.2, 0.25) is 0 Å². The number of fused-ring (bicyclic) bond motifs is 4. The van der Waals surface area contributed by atoms with Crippen LogP contribution < -0.4 is 5.32 Å². The zero-order valence-corrected chi connectivity index (χ0v) is 30.9. The Bertz CT molecular complexity index is 1550. The van der Waals surface area contributed by atoms with E-state index in [9.17, 15) is 13.6 Å². The third-order valence-electron chi connectivity index (χ3n) is 14.7. The fraction of sp³-hybridized carbons (Fsp3) is 0.821. The molecular formula is C39H53F2NO10. The lowest BCUT2D eigenvalue weighted by molar-refractivity contribution is -0.573. The first-order valence-electron chi connectivity index (χ1n) is 19.6. The highest BCUT2D eigenvalue weighted by Gasteiger charge is 2.72. The zero-order valence-electron chi connectivity index (χ0n) is 30.9. The van der Waals surface area contributed by atoms with Crippen LogP contribution in [0.1, 0.15) is 99.3 Å². The second-order valence-electron chi connectivity index (χ2n) is 17.8. The van der Waals surface area contributed by atoms with E-state index < -0.39 is 71.4 Å². The second-order valence-corrected chi connectivity index (χ2v) is 17.8. The van der Waals surface area contributed by atoms with Crippen molar-refractivity contribution in [1.29, 1.82) is 0 Å². The molecule has 4 bridgehead atoms. The van der Waals surface area contributed by atoms with E-state index in [0.717, 1.165) is 56.7 Å². The molecule has 17 atom stereocenters. The largest absolute Gasteiger partial charge is 0.443 e. The summed E-state index contributed by atoms with van der Waals surface area (Å²) in [7, 11) is 0. The zero-order chi connectivity index (χ0) is 36.4. The van der Waals surface area contributed by atoms with Crippen LogP contribution in [0.5, 0.6) is 0 Å². The molecule has 10 fully saturated rings. The third kappa shape index (κ3) is 5.42. The van der Waals surface area contributed by atoms with Gasteiger partial charge in [-0.2, -0.15) is 0 Å². The van der Waals surface area contributed by atoms with Gasteiger partial charge >= 0.3 is 6.09 Å². The summed E-state index contributed by atoms with van der Waals surface area (Å²) in [5, 5.41) is 2.55. The molecule has 3 unspecified atom stereocenters. The van der Waals surface area contributed by atoms with E-state index in [1.807, 2.05) is 13.8 Å². The molecule has 8 saturated heterocycles. The van der Waals surface area contributed by atoms with Gasteiger partial charge in [0, 0.05) is 42.9 Å². The van der Waals surface area contributed by atoms with Gasteiger partial charge in [0.05, 0.1) is 6.10 Å².